The Hall–Kier alpha value is 1.84. The van der Waals surface area contributed by atoms with E-state index in [1.54, 1.807) is 0 Å². The summed E-state index contributed by atoms with van der Waals surface area (Å²) in [5.74, 6) is 1.70. The van der Waals surface area contributed by atoms with Crippen LogP contribution in [0.15, 0.2) is 0 Å². The van der Waals surface area contributed by atoms with E-state index >= 15 is 0 Å². The Labute approximate surface area is 134 Å². The normalized spacial score (nSPS) is 17.9. The first-order valence-corrected chi connectivity index (χ1v) is 14.5. The Morgan fingerprint density at radius 2 is 1.11 bits per heavy atom. The number of rotatable bonds is 12. The van der Waals surface area contributed by atoms with Gasteiger partial charge in [0.25, 0.3) is 0 Å². The van der Waals surface area contributed by atoms with Gasteiger partial charge in [-0.1, -0.05) is 36.6 Å². The van der Waals surface area contributed by atoms with Crippen molar-refractivity contribution < 1.29 is 18.1 Å². The van der Waals surface area contributed by atoms with E-state index in [1.165, 1.54) is 22.8 Å². The van der Waals surface area contributed by atoms with E-state index in [1.807, 2.05) is 27.7 Å². The highest BCUT2D eigenvalue weighted by Gasteiger charge is 2.23. The second-order valence-electron chi connectivity index (χ2n) is 2.94. The minimum absolute atomic E-state index is 0.0363. The van der Waals surface area contributed by atoms with E-state index in [0.29, 0.717) is 13.2 Å². The third-order valence-electron chi connectivity index (χ3n) is 1.57. The summed E-state index contributed by atoms with van der Waals surface area (Å²) in [5.41, 5.74) is -4.62. The van der Waals surface area contributed by atoms with Crippen LogP contribution in [-0.4, -0.2) is 31.5 Å². The molecule has 0 saturated heterocycles. The lowest BCUT2D eigenvalue weighted by Gasteiger charge is -2.23. The second kappa shape index (κ2) is 11.4. The van der Waals surface area contributed by atoms with Gasteiger partial charge in [-0.3, -0.25) is 9.05 Å². The maximum Gasteiger partial charge on any atom is 0.249 e. The van der Waals surface area contributed by atoms with Crippen molar-refractivity contribution in [3.63, 3.8) is 0 Å². The molecular weight excluding hydrogens is 362 g/mol. The molecule has 116 valence electrons. The molecule has 0 heterocycles. The predicted molar refractivity (Wildman–Crippen MR) is 95.1 cm³/mol. The molecule has 0 radical (unpaired) electrons. The highest BCUT2D eigenvalue weighted by Crippen LogP contribution is 2.64. The second-order valence-corrected chi connectivity index (χ2v) is 16.1. The molecule has 2 unspecified atom stereocenters. The molecule has 0 aromatic carbocycles. The number of hydrogen-bond donors (Lipinski definition) is 0. The first-order chi connectivity index (χ1) is 8.95. The Bertz CT molecular complexity index is 279. The average Bonchev–Trinajstić information content (AvgIpc) is 2.29. The Morgan fingerprint density at radius 3 is 1.37 bits per heavy atom. The van der Waals surface area contributed by atoms with Crippen molar-refractivity contribution in [2.45, 2.75) is 27.7 Å². The monoisotopic (exact) mass is 384 g/mol. The van der Waals surface area contributed by atoms with Crippen molar-refractivity contribution in [1.82, 2.24) is 0 Å². The van der Waals surface area contributed by atoms with Crippen LogP contribution >= 0.6 is 34.2 Å². The maximum absolute atomic E-state index is 5.61. The van der Waals surface area contributed by atoms with Crippen LogP contribution in [0.3, 0.4) is 0 Å². The molecule has 10 heteroatoms. The molecule has 0 rings (SSSR count). The molecule has 2 atom stereocenters. The molecule has 0 aromatic rings. The third kappa shape index (κ3) is 9.46. The van der Waals surface area contributed by atoms with E-state index < -0.39 is 11.4 Å². The molecule has 0 bridgehead atoms. The van der Waals surface area contributed by atoms with Crippen LogP contribution in [0.1, 0.15) is 27.7 Å². The average molecular weight is 384 g/mol. The van der Waals surface area contributed by atoms with E-state index in [2.05, 4.69) is 0 Å². The summed E-state index contributed by atoms with van der Waals surface area (Å²) in [6.45, 7) is 8.95. The highest BCUT2D eigenvalue weighted by molar-refractivity contribution is 8.68. The molecule has 0 aliphatic carbocycles. The third-order valence-corrected chi connectivity index (χ3v) is 12.6. The minimum atomic E-state index is -2.31. The van der Waals surface area contributed by atoms with Gasteiger partial charge >= 0.3 is 0 Å². The first-order valence-electron chi connectivity index (χ1n) is 6.02. The van der Waals surface area contributed by atoms with E-state index in [4.69, 9.17) is 41.7 Å². The largest absolute Gasteiger partial charge is 0.322 e. The van der Waals surface area contributed by atoms with Gasteiger partial charge in [-0.2, -0.15) is 0 Å². The molecule has 4 nitrogen and oxygen atoms in total. The fourth-order valence-corrected chi connectivity index (χ4v) is 9.64. The quantitative estimate of drug-likeness (QED) is 0.343. The summed E-state index contributed by atoms with van der Waals surface area (Å²) < 4.78 is 22.3. The molecule has 0 aliphatic rings. The van der Waals surface area contributed by atoms with Crippen molar-refractivity contribution in [2.24, 2.45) is 0 Å². The molecule has 0 aromatic heterocycles. The lowest BCUT2D eigenvalue weighted by molar-refractivity contribution is 0.115. The van der Waals surface area contributed by atoms with Crippen molar-refractivity contribution in [3.05, 3.63) is 0 Å². The maximum atomic E-state index is 5.61. The molecule has 0 N–H and O–H groups in total. The van der Waals surface area contributed by atoms with Crippen LogP contribution in [0.5, 0.6) is 0 Å². The van der Waals surface area contributed by atoms with Crippen LogP contribution in [0.4, 0.5) is 0 Å². The van der Waals surface area contributed by atoms with Gasteiger partial charge in [0.15, 0.2) is 6.79 Å². The standard InChI is InChI=1S/C9H22O4P2S4/c1-5-10-14(16,18-7-3)12-9-13-15(17,11-6-2)19-8-4/h5-9H2,1-4H3. The topological polar surface area (TPSA) is 36.9 Å². The first kappa shape index (κ1) is 20.8. The van der Waals surface area contributed by atoms with Crippen LogP contribution in [0.2, 0.25) is 0 Å². The van der Waals surface area contributed by atoms with Gasteiger partial charge in [-0.25, -0.2) is 0 Å². The lowest BCUT2D eigenvalue weighted by atomic mass is 10.9. The van der Waals surface area contributed by atoms with Gasteiger partial charge in [-0.05, 0) is 49.0 Å². The van der Waals surface area contributed by atoms with Gasteiger partial charge in [0.1, 0.15) is 0 Å². The molecule has 0 aliphatic heterocycles. The van der Waals surface area contributed by atoms with Gasteiger partial charge in [-0.15, -0.1) is 0 Å². The minimum Gasteiger partial charge on any atom is -0.322 e. The molecule has 0 saturated carbocycles. The zero-order valence-electron chi connectivity index (χ0n) is 11.7. The van der Waals surface area contributed by atoms with E-state index in [0.717, 1.165) is 11.5 Å². The van der Waals surface area contributed by atoms with E-state index in [9.17, 15) is 0 Å². The predicted octanol–water partition coefficient (Wildman–Crippen LogP) is 5.01. The molecule has 0 spiro atoms. The Kier molecular flexibility index (Phi) is 12.5. The molecule has 19 heavy (non-hydrogen) atoms. The van der Waals surface area contributed by atoms with Crippen molar-refractivity contribution in [1.29, 1.82) is 0 Å². The van der Waals surface area contributed by atoms with Crippen LogP contribution in [-0.2, 0) is 41.7 Å². The zero-order valence-corrected chi connectivity index (χ0v) is 16.8. The fourth-order valence-electron chi connectivity index (χ4n) is 1.01. The Balaban J connectivity index is 4.36. The summed E-state index contributed by atoms with van der Waals surface area (Å²) >= 11 is 13.8. The highest BCUT2D eigenvalue weighted by atomic mass is 32.9. The SMILES string of the molecule is CCOP(=S)(OCOP(=S)(OCC)SCC)SCC. The molecular formula is C9H22O4P2S4. The van der Waals surface area contributed by atoms with Crippen molar-refractivity contribution in [2.75, 3.05) is 31.5 Å². The van der Waals surface area contributed by atoms with Gasteiger partial charge < -0.3 is 9.05 Å². The number of hydrogen-bond acceptors (Lipinski definition) is 8. The smallest absolute Gasteiger partial charge is 0.249 e. The van der Waals surface area contributed by atoms with Crippen molar-refractivity contribution >= 4 is 57.8 Å². The zero-order chi connectivity index (χ0) is 14.8. The fraction of sp³-hybridized carbons (Fsp3) is 1.00. The van der Waals surface area contributed by atoms with E-state index in [-0.39, 0.29) is 6.79 Å². The van der Waals surface area contributed by atoms with Crippen LogP contribution in [0.25, 0.3) is 0 Å². The summed E-state index contributed by atoms with van der Waals surface area (Å²) in [5, 5.41) is 0. The summed E-state index contributed by atoms with van der Waals surface area (Å²) in [6, 6.07) is 0. The van der Waals surface area contributed by atoms with Gasteiger partial charge in [0, 0.05) is 0 Å². The molecule has 0 fully saturated rings. The molecule has 0 amide bonds. The summed E-state index contributed by atoms with van der Waals surface area (Å²) in [6.07, 6.45) is 0. The van der Waals surface area contributed by atoms with Gasteiger partial charge in [0.05, 0.1) is 13.2 Å². The van der Waals surface area contributed by atoms with Crippen LogP contribution in [0, 0.1) is 0 Å². The summed E-state index contributed by atoms with van der Waals surface area (Å²) in [7, 11) is 0. The van der Waals surface area contributed by atoms with Crippen LogP contribution < -0.4 is 0 Å². The Morgan fingerprint density at radius 1 is 0.737 bits per heavy atom. The lowest BCUT2D eigenvalue weighted by Crippen LogP contribution is -2.00. The summed E-state index contributed by atoms with van der Waals surface area (Å²) in [4.78, 5) is 0. The van der Waals surface area contributed by atoms with Gasteiger partial charge in [0.2, 0.25) is 11.4 Å². The van der Waals surface area contributed by atoms with Crippen molar-refractivity contribution in [3.8, 4) is 0 Å².